The minimum atomic E-state index is 0.730. The molecule has 1 atom stereocenters. The summed E-state index contributed by atoms with van der Waals surface area (Å²) in [5.74, 6) is 1.22. The van der Waals surface area contributed by atoms with E-state index in [0.717, 1.165) is 5.25 Å². The highest BCUT2D eigenvalue weighted by molar-refractivity contribution is 7.99. The van der Waals surface area contributed by atoms with Crippen molar-refractivity contribution in [1.29, 1.82) is 0 Å². The second kappa shape index (κ2) is 4.93. The maximum Gasteiger partial charge on any atom is 0.0388 e. The first-order valence-corrected chi connectivity index (χ1v) is 6.32. The van der Waals surface area contributed by atoms with E-state index in [2.05, 4.69) is 44.7 Å². The number of hydrogen-bond acceptors (Lipinski definition) is 2. The molecule has 2 heteroatoms. The van der Waals surface area contributed by atoms with E-state index in [9.17, 15) is 0 Å². The number of rotatable bonds is 4. The highest BCUT2D eigenvalue weighted by Gasteiger charge is 2.09. The molecule has 0 aromatic carbocycles. The number of hydrogen-bond donors (Lipinski definition) is 0. The molecule has 0 bridgehead atoms. The zero-order valence-corrected chi connectivity index (χ0v) is 9.60. The van der Waals surface area contributed by atoms with Crippen LogP contribution >= 0.6 is 23.1 Å². The molecule has 0 aliphatic rings. The van der Waals surface area contributed by atoms with Crippen LogP contribution < -0.4 is 0 Å². The molecule has 1 rings (SSSR count). The molecule has 1 unspecified atom stereocenters. The molecule has 0 fully saturated rings. The van der Waals surface area contributed by atoms with Gasteiger partial charge in [-0.05, 0) is 31.2 Å². The van der Waals surface area contributed by atoms with Crippen LogP contribution in [0.4, 0.5) is 0 Å². The summed E-state index contributed by atoms with van der Waals surface area (Å²) in [6, 6.07) is 4.50. The molecule has 0 nitrogen and oxygen atoms in total. The zero-order chi connectivity index (χ0) is 8.97. The van der Waals surface area contributed by atoms with Gasteiger partial charge in [0, 0.05) is 15.0 Å². The first kappa shape index (κ1) is 10.1. The van der Waals surface area contributed by atoms with Crippen molar-refractivity contribution in [3.8, 4) is 0 Å². The molecule has 0 aliphatic carbocycles. The third-order valence-corrected chi connectivity index (χ3v) is 4.40. The summed E-state index contributed by atoms with van der Waals surface area (Å²) in [6.45, 7) is 6.67. The van der Waals surface area contributed by atoms with E-state index in [1.165, 1.54) is 17.1 Å². The molecule has 1 aromatic rings. The molecular weight excluding hydrogens is 184 g/mol. The lowest BCUT2D eigenvalue weighted by Crippen LogP contribution is -1.88. The first-order chi connectivity index (χ1) is 5.77. The van der Waals surface area contributed by atoms with Crippen LogP contribution in [0.3, 0.4) is 0 Å². The van der Waals surface area contributed by atoms with Crippen LogP contribution in [-0.4, -0.2) is 5.75 Å². The Labute approximate surface area is 83.4 Å². The Hall–Kier alpha value is 0.0500. The SMILES string of the molecule is CCSC(CC)c1ccc(C)s1. The van der Waals surface area contributed by atoms with Gasteiger partial charge < -0.3 is 0 Å². The molecule has 1 heterocycles. The van der Waals surface area contributed by atoms with Gasteiger partial charge in [0.05, 0.1) is 0 Å². The van der Waals surface area contributed by atoms with Gasteiger partial charge in [-0.25, -0.2) is 0 Å². The highest BCUT2D eigenvalue weighted by atomic mass is 32.2. The molecular formula is C10H16S2. The van der Waals surface area contributed by atoms with Crippen molar-refractivity contribution < 1.29 is 0 Å². The maximum absolute atomic E-state index is 2.27. The van der Waals surface area contributed by atoms with Crippen molar-refractivity contribution in [2.75, 3.05) is 5.75 Å². The van der Waals surface area contributed by atoms with Crippen molar-refractivity contribution in [1.82, 2.24) is 0 Å². The normalized spacial score (nSPS) is 13.2. The van der Waals surface area contributed by atoms with Crippen LogP contribution in [0.2, 0.25) is 0 Å². The number of thiophene rings is 1. The van der Waals surface area contributed by atoms with Gasteiger partial charge >= 0.3 is 0 Å². The molecule has 0 radical (unpaired) electrons. The van der Waals surface area contributed by atoms with E-state index in [-0.39, 0.29) is 0 Å². The van der Waals surface area contributed by atoms with Gasteiger partial charge in [0.1, 0.15) is 0 Å². The average Bonchev–Trinajstić information content (AvgIpc) is 2.47. The lowest BCUT2D eigenvalue weighted by Gasteiger charge is -2.10. The lowest BCUT2D eigenvalue weighted by atomic mass is 10.3. The van der Waals surface area contributed by atoms with Crippen LogP contribution in [0.15, 0.2) is 12.1 Å². The zero-order valence-electron chi connectivity index (χ0n) is 7.96. The molecule has 0 spiro atoms. The number of thioether (sulfide) groups is 1. The smallest absolute Gasteiger partial charge is 0.0388 e. The standard InChI is InChI=1S/C10H16S2/c1-4-9(11-5-2)10-7-6-8(3)12-10/h6-7,9H,4-5H2,1-3H3. The first-order valence-electron chi connectivity index (χ1n) is 4.45. The Kier molecular flexibility index (Phi) is 4.16. The highest BCUT2D eigenvalue weighted by Crippen LogP contribution is 2.35. The molecule has 0 N–H and O–H groups in total. The van der Waals surface area contributed by atoms with E-state index in [4.69, 9.17) is 0 Å². The summed E-state index contributed by atoms with van der Waals surface area (Å²) in [4.78, 5) is 2.97. The van der Waals surface area contributed by atoms with Crippen molar-refractivity contribution >= 4 is 23.1 Å². The Morgan fingerprint density at radius 3 is 2.58 bits per heavy atom. The van der Waals surface area contributed by atoms with Gasteiger partial charge in [0.25, 0.3) is 0 Å². The van der Waals surface area contributed by atoms with Crippen LogP contribution in [0.5, 0.6) is 0 Å². The Morgan fingerprint density at radius 2 is 2.17 bits per heavy atom. The van der Waals surface area contributed by atoms with Crippen molar-refractivity contribution in [2.24, 2.45) is 0 Å². The van der Waals surface area contributed by atoms with Gasteiger partial charge in [-0.3, -0.25) is 0 Å². The molecule has 0 aliphatic heterocycles. The van der Waals surface area contributed by atoms with E-state index in [1.807, 2.05) is 11.3 Å². The second-order valence-corrected chi connectivity index (χ2v) is 5.60. The molecule has 68 valence electrons. The average molecular weight is 200 g/mol. The van der Waals surface area contributed by atoms with E-state index in [0.29, 0.717) is 0 Å². The molecule has 0 amide bonds. The Bertz CT molecular complexity index is 227. The van der Waals surface area contributed by atoms with E-state index >= 15 is 0 Å². The predicted molar refractivity (Wildman–Crippen MR) is 60.2 cm³/mol. The number of aryl methyl sites for hydroxylation is 1. The van der Waals surface area contributed by atoms with Crippen molar-refractivity contribution in [3.05, 3.63) is 21.9 Å². The van der Waals surface area contributed by atoms with Crippen LogP contribution in [0.25, 0.3) is 0 Å². The third kappa shape index (κ3) is 2.53. The van der Waals surface area contributed by atoms with Crippen LogP contribution in [-0.2, 0) is 0 Å². The minimum Gasteiger partial charge on any atom is -0.153 e. The molecule has 1 aromatic heterocycles. The van der Waals surface area contributed by atoms with Gasteiger partial charge in [0.15, 0.2) is 0 Å². The fraction of sp³-hybridized carbons (Fsp3) is 0.600. The van der Waals surface area contributed by atoms with Gasteiger partial charge in [-0.2, -0.15) is 11.8 Å². The molecule has 0 saturated heterocycles. The molecule has 0 saturated carbocycles. The van der Waals surface area contributed by atoms with Crippen LogP contribution in [0, 0.1) is 6.92 Å². The maximum atomic E-state index is 2.27. The fourth-order valence-electron chi connectivity index (χ4n) is 1.23. The second-order valence-electron chi connectivity index (χ2n) is 2.80. The summed E-state index contributed by atoms with van der Waals surface area (Å²) in [7, 11) is 0. The third-order valence-electron chi connectivity index (χ3n) is 1.82. The van der Waals surface area contributed by atoms with Gasteiger partial charge in [0.2, 0.25) is 0 Å². The fourth-order valence-corrected chi connectivity index (χ4v) is 3.40. The largest absolute Gasteiger partial charge is 0.153 e. The summed E-state index contributed by atoms with van der Waals surface area (Å²) in [5.41, 5.74) is 0. The quantitative estimate of drug-likeness (QED) is 0.700. The summed E-state index contributed by atoms with van der Waals surface area (Å²) in [6.07, 6.45) is 1.25. The Balaban J connectivity index is 2.66. The lowest BCUT2D eigenvalue weighted by molar-refractivity contribution is 0.913. The minimum absolute atomic E-state index is 0.730. The summed E-state index contributed by atoms with van der Waals surface area (Å²) >= 11 is 3.99. The predicted octanol–water partition coefficient (Wildman–Crippen LogP) is 4.26. The van der Waals surface area contributed by atoms with E-state index in [1.54, 1.807) is 4.88 Å². The monoisotopic (exact) mass is 200 g/mol. The Morgan fingerprint density at radius 1 is 1.42 bits per heavy atom. The van der Waals surface area contributed by atoms with Crippen LogP contribution in [0.1, 0.15) is 35.3 Å². The van der Waals surface area contributed by atoms with Gasteiger partial charge in [-0.1, -0.05) is 13.8 Å². The topological polar surface area (TPSA) is 0 Å². The summed E-state index contributed by atoms with van der Waals surface area (Å²) < 4.78 is 0. The van der Waals surface area contributed by atoms with Crippen molar-refractivity contribution in [2.45, 2.75) is 32.4 Å². The van der Waals surface area contributed by atoms with E-state index < -0.39 is 0 Å². The molecule has 12 heavy (non-hydrogen) atoms. The summed E-state index contributed by atoms with van der Waals surface area (Å²) in [5, 5.41) is 0.730. The van der Waals surface area contributed by atoms with Crippen molar-refractivity contribution in [3.63, 3.8) is 0 Å². The van der Waals surface area contributed by atoms with Gasteiger partial charge in [-0.15, -0.1) is 11.3 Å².